The highest BCUT2D eigenvalue weighted by atomic mass is 35.5. The normalized spacial score (nSPS) is 10.3. The second kappa shape index (κ2) is 8.57. The number of rotatable bonds is 8. The van der Waals surface area contributed by atoms with Gasteiger partial charge in [-0.3, -0.25) is 4.79 Å². The number of alkyl halides is 1. The van der Waals surface area contributed by atoms with Crippen molar-refractivity contribution in [2.75, 3.05) is 12.4 Å². The van der Waals surface area contributed by atoms with Gasteiger partial charge in [0.05, 0.1) is 10.9 Å². The van der Waals surface area contributed by atoms with Crippen LogP contribution in [0, 0.1) is 0 Å². The predicted octanol–water partition coefficient (Wildman–Crippen LogP) is 4.33. The molecule has 0 N–H and O–H groups in total. The highest BCUT2D eigenvalue weighted by molar-refractivity contribution is 7.16. The zero-order chi connectivity index (χ0) is 13.4. The molecule has 0 bridgehead atoms. The van der Waals surface area contributed by atoms with Gasteiger partial charge in [-0.25, -0.2) is 0 Å². The third-order valence-corrected chi connectivity index (χ3v) is 3.94. The SMILES string of the molecule is C=CCN(Cc1ccc(Cl)s1)C(=O)CCCCCl. The largest absolute Gasteiger partial charge is 0.334 e. The number of amides is 1. The van der Waals surface area contributed by atoms with Crippen LogP contribution in [-0.4, -0.2) is 23.2 Å². The van der Waals surface area contributed by atoms with Gasteiger partial charge >= 0.3 is 0 Å². The number of hydrogen-bond donors (Lipinski definition) is 0. The Hall–Kier alpha value is -0.510. The van der Waals surface area contributed by atoms with Crippen LogP contribution >= 0.6 is 34.5 Å². The van der Waals surface area contributed by atoms with Gasteiger partial charge < -0.3 is 4.90 Å². The number of thiophene rings is 1. The van der Waals surface area contributed by atoms with E-state index in [2.05, 4.69) is 6.58 Å². The molecule has 0 aliphatic heterocycles. The first-order valence-electron chi connectivity index (χ1n) is 5.86. The van der Waals surface area contributed by atoms with E-state index in [0.717, 1.165) is 22.1 Å². The highest BCUT2D eigenvalue weighted by Gasteiger charge is 2.13. The summed E-state index contributed by atoms with van der Waals surface area (Å²) in [6.45, 7) is 4.85. The third kappa shape index (κ3) is 5.42. The van der Waals surface area contributed by atoms with E-state index >= 15 is 0 Å². The van der Waals surface area contributed by atoms with E-state index in [0.29, 0.717) is 25.4 Å². The average Bonchev–Trinajstić information content (AvgIpc) is 2.74. The lowest BCUT2D eigenvalue weighted by Crippen LogP contribution is -2.30. The molecule has 0 fully saturated rings. The molecule has 100 valence electrons. The van der Waals surface area contributed by atoms with Crippen molar-refractivity contribution in [3.8, 4) is 0 Å². The number of halogens is 2. The van der Waals surface area contributed by atoms with Crippen LogP contribution < -0.4 is 0 Å². The van der Waals surface area contributed by atoms with Crippen LogP contribution in [0.4, 0.5) is 0 Å². The van der Waals surface area contributed by atoms with Gasteiger partial charge in [-0.2, -0.15) is 0 Å². The second-order valence-corrected chi connectivity index (χ2v) is 6.09. The maximum absolute atomic E-state index is 12.0. The van der Waals surface area contributed by atoms with Gasteiger partial charge in [-0.1, -0.05) is 17.7 Å². The molecule has 18 heavy (non-hydrogen) atoms. The number of carbonyl (C=O) groups is 1. The summed E-state index contributed by atoms with van der Waals surface area (Å²) in [5, 5.41) is 0. The van der Waals surface area contributed by atoms with Crippen LogP contribution in [0.5, 0.6) is 0 Å². The van der Waals surface area contributed by atoms with Gasteiger partial charge in [-0.15, -0.1) is 29.5 Å². The van der Waals surface area contributed by atoms with Gasteiger partial charge in [-0.05, 0) is 25.0 Å². The second-order valence-electron chi connectivity index (χ2n) is 3.91. The van der Waals surface area contributed by atoms with E-state index in [1.807, 2.05) is 12.1 Å². The Labute approximate surface area is 122 Å². The van der Waals surface area contributed by atoms with Gasteiger partial charge in [0, 0.05) is 23.7 Å². The molecule has 1 aromatic rings. The van der Waals surface area contributed by atoms with Gasteiger partial charge in [0.15, 0.2) is 0 Å². The Kier molecular flexibility index (Phi) is 7.40. The number of hydrogen-bond acceptors (Lipinski definition) is 2. The Balaban J connectivity index is 2.52. The van der Waals surface area contributed by atoms with Crippen molar-refractivity contribution in [3.05, 3.63) is 34.0 Å². The van der Waals surface area contributed by atoms with Crippen molar-refractivity contribution in [2.24, 2.45) is 0 Å². The third-order valence-electron chi connectivity index (χ3n) is 2.45. The molecule has 0 spiro atoms. The molecule has 1 heterocycles. The molecule has 1 aromatic heterocycles. The zero-order valence-electron chi connectivity index (χ0n) is 10.2. The van der Waals surface area contributed by atoms with Crippen LogP contribution in [-0.2, 0) is 11.3 Å². The van der Waals surface area contributed by atoms with Crippen molar-refractivity contribution in [3.63, 3.8) is 0 Å². The Morgan fingerprint density at radius 1 is 1.44 bits per heavy atom. The monoisotopic (exact) mass is 305 g/mol. The van der Waals surface area contributed by atoms with E-state index in [1.54, 1.807) is 11.0 Å². The van der Waals surface area contributed by atoms with Crippen molar-refractivity contribution in [1.29, 1.82) is 0 Å². The molecule has 0 saturated heterocycles. The molecular weight excluding hydrogens is 289 g/mol. The van der Waals surface area contributed by atoms with Crippen LogP contribution in [0.1, 0.15) is 24.1 Å². The number of carbonyl (C=O) groups excluding carboxylic acids is 1. The van der Waals surface area contributed by atoms with Crippen molar-refractivity contribution in [2.45, 2.75) is 25.8 Å². The molecule has 5 heteroatoms. The summed E-state index contributed by atoms with van der Waals surface area (Å²) >= 11 is 13.0. The molecule has 1 amide bonds. The summed E-state index contributed by atoms with van der Waals surface area (Å²) < 4.78 is 0.748. The van der Waals surface area contributed by atoms with Crippen molar-refractivity contribution < 1.29 is 4.79 Å². The van der Waals surface area contributed by atoms with Crippen molar-refractivity contribution >= 4 is 40.4 Å². The fraction of sp³-hybridized carbons (Fsp3) is 0.462. The van der Waals surface area contributed by atoms with Gasteiger partial charge in [0.1, 0.15) is 0 Å². The Bertz CT molecular complexity index is 392. The molecule has 2 nitrogen and oxygen atoms in total. The fourth-order valence-electron chi connectivity index (χ4n) is 1.56. The lowest BCUT2D eigenvalue weighted by atomic mass is 10.2. The topological polar surface area (TPSA) is 20.3 Å². The van der Waals surface area contributed by atoms with Crippen LogP contribution in [0.15, 0.2) is 24.8 Å². The lowest BCUT2D eigenvalue weighted by molar-refractivity contribution is -0.131. The first-order chi connectivity index (χ1) is 8.67. The highest BCUT2D eigenvalue weighted by Crippen LogP contribution is 2.23. The minimum atomic E-state index is 0.143. The van der Waals surface area contributed by atoms with Gasteiger partial charge in [0.25, 0.3) is 0 Å². The molecule has 1 rings (SSSR count). The molecular formula is C13H17Cl2NOS. The minimum Gasteiger partial charge on any atom is -0.334 e. The van der Waals surface area contributed by atoms with E-state index < -0.39 is 0 Å². The first kappa shape index (κ1) is 15.5. The molecule has 0 unspecified atom stereocenters. The smallest absolute Gasteiger partial charge is 0.223 e. The summed E-state index contributed by atoms with van der Waals surface area (Å²) in [5.41, 5.74) is 0. The maximum atomic E-state index is 12.0. The molecule has 0 saturated carbocycles. The number of nitrogens with zero attached hydrogens (tertiary/aromatic N) is 1. The average molecular weight is 306 g/mol. The van der Waals surface area contributed by atoms with Crippen molar-refractivity contribution in [1.82, 2.24) is 4.90 Å². The summed E-state index contributed by atoms with van der Waals surface area (Å²) in [4.78, 5) is 14.9. The van der Waals surface area contributed by atoms with Crippen LogP contribution in [0.25, 0.3) is 0 Å². The van der Waals surface area contributed by atoms with E-state index in [1.165, 1.54) is 11.3 Å². The molecule has 0 radical (unpaired) electrons. The summed E-state index contributed by atoms with van der Waals surface area (Å²) in [6.07, 6.45) is 4.00. The maximum Gasteiger partial charge on any atom is 0.223 e. The minimum absolute atomic E-state index is 0.143. The molecule has 0 atom stereocenters. The molecule has 0 aliphatic rings. The first-order valence-corrected chi connectivity index (χ1v) is 7.59. The quantitative estimate of drug-likeness (QED) is 0.398. The standard InChI is InChI=1S/C13H17Cl2NOS/c1-2-9-16(13(17)5-3-4-8-14)10-11-6-7-12(15)18-11/h2,6-7H,1,3-5,8-10H2. The zero-order valence-corrected chi connectivity index (χ0v) is 12.5. The number of unbranched alkanes of at least 4 members (excludes halogenated alkanes) is 1. The summed E-state index contributed by atoms with van der Waals surface area (Å²) in [5.74, 6) is 0.750. The predicted molar refractivity (Wildman–Crippen MR) is 79.5 cm³/mol. The fourth-order valence-corrected chi connectivity index (χ4v) is 2.86. The lowest BCUT2D eigenvalue weighted by Gasteiger charge is -2.20. The Morgan fingerprint density at radius 3 is 2.78 bits per heavy atom. The summed E-state index contributed by atoms with van der Waals surface area (Å²) in [6, 6.07) is 3.81. The van der Waals surface area contributed by atoms with Crippen LogP contribution in [0.3, 0.4) is 0 Å². The summed E-state index contributed by atoms with van der Waals surface area (Å²) in [7, 11) is 0. The molecule has 0 aliphatic carbocycles. The van der Waals surface area contributed by atoms with E-state index in [4.69, 9.17) is 23.2 Å². The van der Waals surface area contributed by atoms with E-state index in [-0.39, 0.29) is 5.91 Å². The molecule has 0 aromatic carbocycles. The van der Waals surface area contributed by atoms with E-state index in [9.17, 15) is 4.79 Å². The van der Waals surface area contributed by atoms with Gasteiger partial charge in [0.2, 0.25) is 5.91 Å². The Morgan fingerprint density at radius 2 is 2.22 bits per heavy atom. The van der Waals surface area contributed by atoms with Crippen LogP contribution in [0.2, 0.25) is 4.34 Å².